The van der Waals surface area contributed by atoms with Crippen molar-refractivity contribution in [1.29, 1.82) is 0 Å². The highest BCUT2D eigenvalue weighted by molar-refractivity contribution is 5.49. The van der Waals surface area contributed by atoms with Gasteiger partial charge >= 0.3 is 0 Å². The van der Waals surface area contributed by atoms with Gasteiger partial charge in [0.05, 0.1) is 11.7 Å². The van der Waals surface area contributed by atoms with Gasteiger partial charge in [0.2, 0.25) is 0 Å². The van der Waals surface area contributed by atoms with Crippen LogP contribution in [0, 0.1) is 0 Å². The summed E-state index contributed by atoms with van der Waals surface area (Å²) in [6, 6.07) is 0.243. The Balaban J connectivity index is 2.06. The quantitative estimate of drug-likeness (QED) is 0.597. The lowest BCUT2D eigenvalue weighted by Crippen LogP contribution is -2.32. The highest BCUT2D eigenvalue weighted by atomic mass is 16.5. The van der Waals surface area contributed by atoms with Gasteiger partial charge in [-0.25, -0.2) is 0 Å². The molecule has 3 nitrogen and oxygen atoms in total. The Kier molecular flexibility index (Phi) is 1.50. The van der Waals surface area contributed by atoms with E-state index in [9.17, 15) is 0 Å². The molecule has 1 aliphatic carbocycles. The summed E-state index contributed by atoms with van der Waals surface area (Å²) in [6.07, 6.45) is 13.6. The van der Waals surface area contributed by atoms with Gasteiger partial charge in [0.25, 0.3) is 0 Å². The second-order valence-corrected chi connectivity index (χ2v) is 3.29. The number of allylic oxidation sites excluding steroid dienone is 3. The Labute approximate surface area is 82.1 Å². The van der Waals surface area contributed by atoms with Crippen molar-refractivity contribution in [1.82, 2.24) is 10.6 Å². The number of ether oxygens (including phenoxy) is 1. The van der Waals surface area contributed by atoms with Crippen molar-refractivity contribution in [2.75, 3.05) is 0 Å². The molecule has 0 bridgehead atoms. The summed E-state index contributed by atoms with van der Waals surface area (Å²) in [4.78, 5) is 0. The van der Waals surface area contributed by atoms with E-state index in [1.54, 1.807) is 12.5 Å². The van der Waals surface area contributed by atoms with Crippen LogP contribution in [-0.4, -0.2) is 6.04 Å². The second kappa shape index (κ2) is 2.80. The molecule has 14 heavy (non-hydrogen) atoms. The fraction of sp³-hybridized carbons (Fsp3) is 0.0909. The molecule has 0 fully saturated rings. The van der Waals surface area contributed by atoms with Crippen LogP contribution in [0.3, 0.4) is 0 Å². The number of dihydropyridines is 1. The van der Waals surface area contributed by atoms with Gasteiger partial charge in [0.15, 0.2) is 5.76 Å². The predicted molar refractivity (Wildman–Crippen MR) is 53.7 cm³/mol. The molecule has 0 saturated heterocycles. The Bertz CT molecular complexity index is 413. The highest BCUT2D eigenvalue weighted by Crippen LogP contribution is 2.28. The molecule has 0 spiro atoms. The molecular weight excluding hydrogens is 176 g/mol. The van der Waals surface area contributed by atoms with Crippen molar-refractivity contribution in [3.8, 4) is 0 Å². The van der Waals surface area contributed by atoms with Gasteiger partial charge in [-0.2, -0.15) is 0 Å². The SMILES string of the molecule is C1=CNC2C=CC3=C(OC=CN3)C2=C1. The third kappa shape index (κ3) is 0.988. The first-order valence-electron chi connectivity index (χ1n) is 4.59. The summed E-state index contributed by atoms with van der Waals surface area (Å²) in [5.41, 5.74) is 2.19. The lowest BCUT2D eigenvalue weighted by Gasteiger charge is -2.28. The van der Waals surface area contributed by atoms with Crippen LogP contribution in [0.2, 0.25) is 0 Å². The standard InChI is InChI=1S/C11H10N2O/c1-2-8-9(12-5-1)3-4-10-11(8)14-7-6-13-10/h1-7,9,12-13H. The maximum Gasteiger partial charge on any atom is 0.155 e. The van der Waals surface area contributed by atoms with E-state index in [0.29, 0.717) is 0 Å². The molecule has 2 N–H and O–H groups in total. The first-order valence-corrected chi connectivity index (χ1v) is 4.59. The molecule has 1 unspecified atom stereocenters. The van der Waals surface area contributed by atoms with Crippen LogP contribution in [0.15, 0.2) is 60.0 Å². The molecule has 2 aliphatic heterocycles. The van der Waals surface area contributed by atoms with Crippen molar-refractivity contribution < 1.29 is 4.74 Å². The van der Waals surface area contributed by atoms with E-state index in [1.165, 1.54) is 5.57 Å². The molecule has 1 atom stereocenters. The summed E-state index contributed by atoms with van der Waals surface area (Å²) in [6.45, 7) is 0. The maximum atomic E-state index is 5.49. The maximum absolute atomic E-state index is 5.49. The van der Waals surface area contributed by atoms with Crippen LogP contribution < -0.4 is 10.6 Å². The van der Waals surface area contributed by atoms with E-state index in [1.807, 2.05) is 18.4 Å². The molecule has 3 rings (SSSR count). The molecule has 0 aromatic carbocycles. The van der Waals surface area contributed by atoms with Gasteiger partial charge in [0.1, 0.15) is 6.26 Å². The Morgan fingerprint density at radius 1 is 1.29 bits per heavy atom. The van der Waals surface area contributed by atoms with Gasteiger partial charge in [-0.05, 0) is 18.4 Å². The summed E-state index contributed by atoms with van der Waals surface area (Å²) < 4.78 is 5.49. The fourth-order valence-electron chi connectivity index (χ4n) is 1.78. The average molecular weight is 186 g/mol. The molecular formula is C11H10N2O. The van der Waals surface area contributed by atoms with E-state index in [-0.39, 0.29) is 6.04 Å². The monoisotopic (exact) mass is 186 g/mol. The van der Waals surface area contributed by atoms with Crippen molar-refractivity contribution in [2.45, 2.75) is 6.04 Å². The van der Waals surface area contributed by atoms with Gasteiger partial charge < -0.3 is 15.4 Å². The molecule has 70 valence electrons. The average Bonchev–Trinajstić information content (AvgIpc) is 2.29. The van der Waals surface area contributed by atoms with Crippen LogP contribution in [0.4, 0.5) is 0 Å². The van der Waals surface area contributed by atoms with Crippen LogP contribution in [0.25, 0.3) is 0 Å². The Morgan fingerprint density at radius 3 is 3.29 bits per heavy atom. The fourth-order valence-corrected chi connectivity index (χ4v) is 1.78. The molecule has 3 aliphatic rings. The molecule has 2 heterocycles. The minimum Gasteiger partial charge on any atom is -0.461 e. The van der Waals surface area contributed by atoms with Gasteiger partial charge in [-0.3, -0.25) is 0 Å². The summed E-state index contributed by atoms with van der Waals surface area (Å²) >= 11 is 0. The predicted octanol–water partition coefficient (Wildman–Crippen LogP) is 1.27. The normalized spacial score (nSPS) is 26.9. The molecule has 0 aromatic rings. The summed E-state index contributed by atoms with van der Waals surface area (Å²) in [5.74, 6) is 0.914. The van der Waals surface area contributed by atoms with E-state index in [4.69, 9.17) is 4.74 Å². The molecule has 0 aromatic heterocycles. The lowest BCUT2D eigenvalue weighted by molar-refractivity contribution is 0.335. The molecule has 0 radical (unpaired) electrons. The smallest absolute Gasteiger partial charge is 0.155 e. The minimum absolute atomic E-state index is 0.243. The number of fused-ring (bicyclic) bond motifs is 2. The molecule has 0 amide bonds. The second-order valence-electron chi connectivity index (χ2n) is 3.29. The van der Waals surface area contributed by atoms with E-state index < -0.39 is 0 Å². The van der Waals surface area contributed by atoms with Gasteiger partial charge in [-0.1, -0.05) is 12.2 Å². The van der Waals surface area contributed by atoms with Crippen molar-refractivity contribution in [3.63, 3.8) is 0 Å². The number of rotatable bonds is 0. The van der Waals surface area contributed by atoms with E-state index in [2.05, 4.69) is 22.8 Å². The van der Waals surface area contributed by atoms with Crippen LogP contribution >= 0.6 is 0 Å². The third-order valence-electron chi connectivity index (χ3n) is 2.44. The lowest BCUT2D eigenvalue weighted by atomic mass is 9.96. The molecule has 3 heteroatoms. The zero-order valence-electron chi connectivity index (χ0n) is 7.53. The topological polar surface area (TPSA) is 33.3 Å². The third-order valence-corrected chi connectivity index (χ3v) is 2.44. The van der Waals surface area contributed by atoms with Gasteiger partial charge in [-0.15, -0.1) is 0 Å². The first-order chi connectivity index (χ1) is 6.95. The zero-order valence-corrected chi connectivity index (χ0v) is 7.53. The highest BCUT2D eigenvalue weighted by Gasteiger charge is 2.24. The van der Waals surface area contributed by atoms with Gasteiger partial charge in [0, 0.05) is 11.8 Å². The summed E-state index contributed by atoms with van der Waals surface area (Å²) in [5, 5.41) is 6.40. The van der Waals surface area contributed by atoms with E-state index in [0.717, 1.165) is 11.5 Å². The zero-order chi connectivity index (χ0) is 9.38. The first kappa shape index (κ1) is 7.50. The number of hydrogen-bond acceptors (Lipinski definition) is 3. The summed E-state index contributed by atoms with van der Waals surface area (Å²) in [7, 11) is 0. The van der Waals surface area contributed by atoms with Crippen LogP contribution in [0.1, 0.15) is 0 Å². The Hall–Kier alpha value is -1.90. The number of hydrogen-bond donors (Lipinski definition) is 2. The van der Waals surface area contributed by atoms with Crippen LogP contribution in [-0.2, 0) is 4.74 Å². The van der Waals surface area contributed by atoms with Crippen molar-refractivity contribution in [3.05, 3.63) is 60.0 Å². The van der Waals surface area contributed by atoms with Crippen LogP contribution in [0.5, 0.6) is 0 Å². The Morgan fingerprint density at radius 2 is 2.29 bits per heavy atom. The minimum atomic E-state index is 0.243. The van der Waals surface area contributed by atoms with Crippen molar-refractivity contribution in [2.24, 2.45) is 0 Å². The molecule has 0 saturated carbocycles. The largest absolute Gasteiger partial charge is 0.461 e. The number of nitrogens with one attached hydrogen (secondary N) is 2. The van der Waals surface area contributed by atoms with Crippen molar-refractivity contribution >= 4 is 0 Å². The van der Waals surface area contributed by atoms with E-state index >= 15 is 0 Å².